The highest BCUT2D eigenvalue weighted by atomic mass is 32.1. The molecule has 0 aliphatic carbocycles. The number of nitrogens with one attached hydrogen (secondary N) is 1. The molecule has 11 nitrogen and oxygen atoms in total. The molecule has 0 atom stereocenters. The number of aromatic nitrogens is 5. The molecule has 3 rings (SSSR count). The van der Waals surface area contributed by atoms with E-state index in [9.17, 15) is 10.1 Å². The Morgan fingerprint density at radius 1 is 1.33 bits per heavy atom. The van der Waals surface area contributed by atoms with Crippen molar-refractivity contribution in [2.24, 2.45) is 15.6 Å². The molecule has 0 aromatic carbocycles. The molecule has 0 radical (unpaired) electrons. The summed E-state index contributed by atoms with van der Waals surface area (Å²) in [7, 11) is 1.96. The second kappa shape index (κ2) is 10.3. The molecule has 172 valence electrons. The Bertz CT molecular complexity index is 1180. The van der Waals surface area contributed by atoms with Crippen molar-refractivity contribution in [2.45, 2.75) is 40.5 Å². The first-order valence-corrected chi connectivity index (χ1v) is 11.2. The summed E-state index contributed by atoms with van der Waals surface area (Å²) in [5, 5.41) is 26.0. The summed E-state index contributed by atoms with van der Waals surface area (Å²) in [6.45, 7) is 8.86. The maximum Gasteiger partial charge on any atom is 0.252 e. The minimum atomic E-state index is -0.265. The highest BCUT2D eigenvalue weighted by Crippen LogP contribution is 2.39. The molecule has 0 unspecified atom stereocenters. The van der Waals surface area contributed by atoms with Gasteiger partial charge in [0.2, 0.25) is 5.91 Å². The van der Waals surface area contributed by atoms with Crippen LogP contribution >= 0.6 is 11.3 Å². The summed E-state index contributed by atoms with van der Waals surface area (Å²) >= 11 is 1.30. The third-order valence-corrected chi connectivity index (χ3v) is 6.20. The molecule has 3 aromatic rings. The minimum Gasteiger partial charge on any atom is -0.351 e. The van der Waals surface area contributed by atoms with Crippen LogP contribution in [0.5, 0.6) is 0 Å². The summed E-state index contributed by atoms with van der Waals surface area (Å²) in [6, 6.07) is 3.72. The van der Waals surface area contributed by atoms with Crippen molar-refractivity contribution in [3.63, 3.8) is 0 Å². The molecule has 0 saturated carbocycles. The van der Waals surface area contributed by atoms with E-state index in [0.717, 1.165) is 19.4 Å². The lowest BCUT2D eigenvalue weighted by atomic mass is 9.86. The number of amides is 1. The van der Waals surface area contributed by atoms with Gasteiger partial charge in [0.1, 0.15) is 11.6 Å². The fourth-order valence-corrected chi connectivity index (χ4v) is 3.51. The molecule has 0 aliphatic heterocycles. The second-order valence-corrected chi connectivity index (χ2v) is 9.13. The topological polar surface area (TPSA) is 137 Å². The number of hydrogen-bond acceptors (Lipinski definition) is 10. The van der Waals surface area contributed by atoms with Crippen LogP contribution in [0.15, 0.2) is 34.9 Å². The van der Waals surface area contributed by atoms with Gasteiger partial charge in [0.05, 0.1) is 6.20 Å². The van der Waals surface area contributed by atoms with Crippen molar-refractivity contribution in [2.75, 3.05) is 23.8 Å². The first-order chi connectivity index (χ1) is 15.7. The molecule has 3 heterocycles. The van der Waals surface area contributed by atoms with Gasteiger partial charge >= 0.3 is 0 Å². The van der Waals surface area contributed by atoms with Gasteiger partial charge in [-0.25, -0.2) is 15.0 Å². The summed E-state index contributed by atoms with van der Waals surface area (Å²) < 4.78 is 1.33. The first-order valence-electron chi connectivity index (χ1n) is 10.4. The summed E-state index contributed by atoms with van der Waals surface area (Å²) in [5.41, 5.74) is 0.441. The van der Waals surface area contributed by atoms with Gasteiger partial charge < -0.3 is 10.2 Å². The number of nitriles is 1. The van der Waals surface area contributed by atoms with Crippen molar-refractivity contribution >= 4 is 39.0 Å². The van der Waals surface area contributed by atoms with Crippen molar-refractivity contribution in [3.05, 3.63) is 30.2 Å². The molecular formula is C21H26N10OS. The molecule has 3 aromatic heterocycles. The third kappa shape index (κ3) is 5.95. The molecule has 33 heavy (non-hydrogen) atoms. The van der Waals surface area contributed by atoms with Crippen LogP contribution in [0.1, 0.15) is 46.1 Å². The highest BCUT2D eigenvalue weighted by Gasteiger charge is 2.20. The van der Waals surface area contributed by atoms with Crippen molar-refractivity contribution in [1.82, 2.24) is 24.7 Å². The smallest absolute Gasteiger partial charge is 0.252 e. The Kier molecular flexibility index (Phi) is 7.44. The lowest BCUT2D eigenvalue weighted by Crippen LogP contribution is -2.24. The molecule has 0 aliphatic rings. The van der Waals surface area contributed by atoms with E-state index in [4.69, 9.17) is 0 Å². The number of azo groups is 1. The van der Waals surface area contributed by atoms with Crippen LogP contribution in [0.3, 0.4) is 0 Å². The maximum absolute atomic E-state index is 11.7. The van der Waals surface area contributed by atoms with Gasteiger partial charge in [-0.2, -0.15) is 15.0 Å². The number of carbonyl (C=O) groups excluding carboxylic acids is 1. The number of thiazole rings is 1. The molecule has 12 heteroatoms. The molecule has 0 fully saturated rings. The Labute approximate surface area is 196 Å². The molecule has 1 N–H and O–H groups in total. The van der Waals surface area contributed by atoms with E-state index in [1.807, 2.05) is 18.0 Å². The predicted molar refractivity (Wildman–Crippen MR) is 126 cm³/mol. The number of rotatable bonds is 9. The van der Waals surface area contributed by atoms with Gasteiger partial charge in [0, 0.05) is 32.9 Å². The predicted octanol–water partition coefficient (Wildman–Crippen LogP) is 4.63. The monoisotopic (exact) mass is 466 g/mol. The molecular weight excluding hydrogens is 440 g/mol. The SMILES string of the molecule is CCC(C)(C)CCN(C)c1nc(NC(C)=O)c(/N=N/c2c(C#N)cnn2-c2ncccn2)s1. The van der Waals surface area contributed by atoms with Crippen molar-refractivity contribution in [3.8, 4) is 12.0 Å². The van der Waals surface area contributed by atoms with Crippen molar-refractivity contribution in [1.29, 1.82) is 5.26 Å². The Morgan fingerprint density at radius 2 is 2.06 bits per heavy atom. The maximum atomic E-state index is 11.7. The summed E-state index contributed by atoms with van der Waals surface area (Å²) in [4.78, 5) is 26.6. The van der Waals surface area contributed by atoms with Crippen LogP contribution in [0, 0.1) is 16.7 Å². The lowest BCUT2D eigenvalue weighted by Gasteiger charge is -2.25. The van der Waals surface area contributed by atoms with Gasteiger partial charge in [-0.15, -0.1) is 10.2 Å². The second-order valence-electron chi connectivity index (χ2n) is 8.17. The summed E-state index contributed by atoms with van der Waals surface area (Å²) in [6.07, 6.45) is 6.58. The van der Waals surface area contributed by atoms with Crippen LogP contribution in [0.25, 0.3) is 5.95 Å². The van der Waals surface area contributed by atoms with Gasteiger partial charge in [-0.1, -0.05) is 38.5 Å². The lowest BCUT2D eigenvalue weighted by molar-refractivity contribution is -0.114. The van der Waals surface area contributed by atoms with Crippen molar-refractivity contribution < 1.29 is 4.79 Å². The van der Waals surface area contributed by atoms with Gasteiger partial charge in [0.15, 0.2) is 21.8 Å². The molecule has 0 saturated heterocycles. The molecule has 0 spiro atoms. The largest absolute Gasteiger partial charge is 0.351 e. The quantitative estimate of drug-likeness (QED) is 0.454. The van der Waals surface area contributed by atoms with E-state index in [1.54, 1.807) is 18.5 Å². The Morgan fingerprint density at radius 3 is 2.70 bits per heavy atom. The molecule has 0 bridgehead atoms. The highest BCUT2D eigenvalue weighted by molar-refractivity contribution is 7.19. The summed E-state index contributed by atoms with van der Waals surface area (Å²) in [5.74, 6) is 0.496. The average Bonchev–Trinajstić information content (AvgIpc) is 3.40. The zero-order valence-corrected chi connectivity index (χ0v) is 20.1. The van der Waals surface area contributed by atoms with E-state index < -0.39 is 0 Å². The normalized spacial score (nSPS) is 11.5. The van der Waals surface area contributed by atoms with Gasteiger partial charge in [0.25, 0.3) is 5.95 Å². The van der Waals surface area contributed by atoms with Crippen LogP contribution in [-0.2, 0) is 4.79 Å². The zero-order valence-electron chi connectivity index (χ0n) is 19.3. The van der Waals surface area contributed by atoms with Crippen LogP contribution in [0.2, 0.25) is 0 Å². The Balaban J connectivity index is 1.93. The molecule has 1 amide bonds. The fraction of sp³-hybridized carbons (Fsp3) is 0.429. The van der Waals surface area contributed by atoms with Crippen LogP contribution in [-0.4, -0.2) is 44.2 Å². The number of carbonyl (C=O) groups is 1. The minimum absolute atomic E-state index is 0.186. The standard InChI is InChI=1S/C21H26N10OS/c1-6-21(3,4)8-11-30(5)20-27-16(26-14(2)32)18(33-20)29-28-17-15(12-22)13-25-31(17)19-23-9-7-10-24-19/h7,9-10,13H,6,8,11H2,1-5H3,(H,26,32)/b29-28+. The first kappa shape index (κ1) is 23.9. The van der Waals surface area contributed by atoms with Gasteiger partial charge in [-0.3, -0.25) is 4.79 Å². The number of nitrogens with zero attached hydrogens (tertiary/aromatic N) is 9. The number of anilines is 2. The van der Waals surface area contributed by atoms with E-state index in [0.29, 0.717) is 16.0 Å². The van der Waals surface area contributed by atoms with Crippen LogP contribution < -0.4 is 10.2 Å². The van der Waals surface area contributed by atoms with Gasteiger partial charge in [-0.05, 0) is 17.9 Å². The average molecular weight is 467 g/mol. The van der Waals surface area contributed by atoms with E-state index in [-0.39, 0.29) is 28.7 Å². The van der Waals surface area contributed by atoms with E-state index >= 15 is 0 Å². The third-order valence-electron chi connectivity index (χ3n) is 5.14. The van der Waals surface area contributed by atoms with E-state index in [1.165, 1.54) is 29.1 Å². The van der Waals surface area contributed by atoms with E-state index in [2.05, 4.69) is 56.4 Å². The van der Waals surface area contributed by atoms with Crippen LogP contribution in [0.4, 0.5) is 21.8 Å². The Hall–Kier alpha value is -3.72. The number of hydrogen-bond donors (Lipinski definition) is 1. The fourth-order valence-electron chi connectivity index (χ4n) is 2.68. The zero-order chi connectivity index (χ0) is 24.0.